The highest BCUT2D eigenvalue weighted by molar-refractivity contribution is 5.54. The molecule has 1 atom stereocenters. The summed E-state index contributed by atoms with van der Waals surface area (Å²) in [6, 6.07) is 6.26. The highest BCUT2D eigenvalue weighted by atomic mass is 15.2. The molecule has 1 saturated carbocycles. The van der Waals surface area contributed by atoms with E-state index in [0.717, 1.165) is 17.9 Å². The molecule has 2 aromatic heterocycles. The average molecular weight is 215 g/mol. The van der Waals surface area contributed by atoms with E-state index in [0.29, 0.717) is 0 Å². The van der Waals surface area contributed by atoms with Crippen molar-refractivity contribution in [2.75, 3.05) is 0 Å². The fourth-order valence-electron chi connectivity index (χ4n) is 2.45. The van der Waals surface area contributed by atoms with Crippen molar-refractivity contribution in [1.82, 2.24) is 9.61 Å². The zero-order valence-corrected chi connectivity index (χ0v) is 9.34. The standard InChI is InChI=1S/C13H17N3/c14-12(8-10-4-3-5-10)11-9-15-16-7-2-1-6-13(11)16/h1-2,6-7,9-10,12H,3-5,8,14H2. The molecular formula is C13H17N3. The first-order valence-corrected chi connectivity index (χ1v) is 6.02. The Morgan fingerprint density at radius 2 is 2.31 bits per heavy atom. The van der Waals surface area contributed by atoms with E-state index in [-0.39, 0.29) is 6.04 Å². The summed E-state index contributed by atoms with van der Waals surface area (Å²) in [6.07, 6.45) is 9.08. The minimum absolute atomic E-state index is 0.144. The van der Waals surface area contributed by atoms with Crippen molar-refractivity contribution in [1.29, 1.82) is 0 Å². The molecule has 1 unspecified atom stereocenters. The van der Waals surface area contributed by atoms with Crippen LogP contribution in [0, 0.1) is 5.92 Å². The van der Waals surface area contributed by atoms with Gasteiger partial charge < -0.3 is 5.73 Å². The van der Waals surface area contributed by atoms with E-state index in [9.17, 15) is 0 Å². The van der Waals surface area contributed by atoms with E-state index in [2.05, 4.69) is 11.2 Å². The summed E-state index contributed by atoms with van der Waals surface area (Å²) in [5, 5.41) is 4.33. The zero-order valence-electron chi connectivity index (χ0n) is 9.34. The second-order valence-corrected chi connectivity index (χ2v) is 4.77. The van der Waals surface area contributed by atoms with Crippen LogP contribution >= 0.6 is 0 Å². The predicted octanol–water partition coefficient (Wildman–Crippen LogP) is 2.52. The molecule has 0 saturated heterocycles. The summed E-state index contributed by atoms with van der Waals surface area (Å²) in [4.78, 5) is 0. The first-order chi connectivity index (χ1) is 7.84. The van der Waals surface area contributed by atoms with Gasteiger partial charge in [-0.1, -0.05) is 25.3 Å². The van der Waals surface area contributed by atoms with Crippen molar-refractivity contribution >= 4 is 5.52 Å². The smallest absolute Gasteiger partial charge is 0.0709 e. The maximum absolute atomic E-state index is 6.26. The molecule has 3 heteroatoms. The molecule has 0 radical (unpaired) electrons. The van der Waals surface area contributed by atoms with Gasteiger partial charge in [0.2, 0.25) is 0 Å². The maximum Gasteiger partial charge on any atom is 0.0709 e. The molecule has 3 nitrogen and oxygen atoms in total. The summed E-state index contributed by atoms with van der Waals surface area (Å²) in [5.74, 6) is 0.841. The highest BCUT2D eigenvalue weighted by Gasteiger charge is 2.22. The molecule has 2 N–H and O–H groups in total. The van der Waals surface area contributed by atoms with Crippen LogP contribution in [0.3, 0.4) is 0 Å². The van der Waals surface area contributed by atoms with Crippen LogP contribution in [0.5, 0.6) is 0 Å². The van der Waals surface area contributed by atoms with Crippen LogP contribution in [0.4, 0.5) is 0 Å². The second kappa shape index (κ2) is 3.91. The number of fused-ring (bicyclic) bond motifs is 1. The number of nitrogens with zero attached hydrogens (tertiary/aromatic N) is 2. The summed E-state index contributed by atoms with van der Waals surface area (Å²) in [7, 11) is 0. The molecule has 0 amide bonds. The van der Waals surface area contributed by atoms with E-state index in [4.69, 9.17) is 5.73 Å². The van der Waals surface area contributed by atoms with Gasteiger partial charge in [-0.05, 0) is 24.5 Å². The average Bonchev–Trinajstić information content (AvgIpc) is 2.67. The molecular weight excluding hydrogens is 198 g/mol. The number of hydrogen-bond donors (Lipinski definition) is 1. The second-order valence-electron chi connectivity index (χ2n) is 4.77. The molecule has 0 aliphatic heterocycles. The third kappa shape index (κ3) is 1.61. The van der Waals surface area contributed by atoms with Gasteiger partial charge in [0.15, 0.2) is 0 Å². The Morgan fingerprint density at radius 1 is 1.44 bits per heavy atom. The largest absolute Gasteiger partial charge is 0.324 e. The third-order valence-corrected chi connectivity index (χ3v) is 3.67. The first kappa shape index (κ1) is 9.85. The number of pyridine rings is 1. The van der Waals surface area contributed by atoms with Crippen LogP contribution in [0.1, 0.15) is 37.3 Å². The molecule has 0 bridgehead atoms. The normalized spacial score (nSPS) is 18.6. The Hall–Kier alpha value is -1.35. The third-order valence-electron chi connectivity index (χ3n) is 3.67. The molecule has 2 heterocycles. The van der Waals surface area contributed by atoms with Gasteiger partial charge in [-0.15, -0.1) is 0 Å². The van der Waals surface area contributed by atoms with Crippen molar-refractivity contribution in [2.45, 2.75) is 31.7 Å². The number of rotatable bonds is 3. The predicted molar refractivity (Wildman–Crippen MR) is 64.1 cm³/mol. The lowest BCUT2D eigenvalue weighted by atomic mass is 9.80. The first-order valence-electron chi connectivity index (χ1n) is 6.02. The van der Waals surface area contributed by atoms with Gasteiger partial charge in [-0.2, -0.15) is 5.10 Å². The van der Waals surface area contributed by atoms with Gasteiger partial charge in [0, 0.05) is 17.8 Å². The Bertz CT molecular complexity index is 485. The monoisotopic (exact) mass is 215 g/mol. The molecule has 1 fully saturated rings. The number of hydrogen-bond acceptors (Lipinski definition) is 2. The molecule has 84 valence electrons. The van der Waals surface area contributed by atoms with Crippen molar-refractivity contribution < 1.29 is 0 Å². The number of aromatic nitrogens is 2. The van der Waals surface area contributed by atoms with Crippen LogP contribution in [0.2, 0.25) is 0 Å². The fraction of sp³-hybridized carbons (Fsp3) is 0.462. The highest BCUT2D eigenvalue weighted by Crippen LogP contribution is 2.34. The summed E-state index contributed by atoms with van der Waals surface area (Å²) < 4.78 is 1.90. The Balaban J connectivity index is 1.86. The number of nitrogens with two attached hydrogens (primary N) is 1. The van der Waals surface area contributed by atoms with E-state index in [1.54, 1.807) is 0 Å². The maximum atomic E-state index is 6.26. The Kier molecular flexibility index (Phi) is 2.40. The van der Waals surface area contributed by atoms with Crippen molar-refractivity contribution in [2.24, 2.45) is 11.7 Å². The summed E-state index contributed by atoms with van der Waals surface area (Å²) >= 11 is 0. The van der Waals surface area contributed by atoms with E-state index in [1.165, 1.54) is 24.8 Å². The molecule has 2 aromatic rings. The fourth-order valence-corrected chi connectivity index (χ4v) is 2.45. The van der Waals surface area contributed by atoms with Crippen molar-refractivity contribution in [3.63, 3.8) is 0 Å². The van der Waals surface area contributed by atoms with Gasteiger partial charge in [-0.25, -0.2) is 4.52 Å². The minimum Gasteiger partial charge on any atom is -0.324 e. The molecule has 1 aliphatic rings. The molecule has 3 rings (SSSR count). The lowest BCUT2D eigenvalue weighted by Crippen LogP contribution is -2.19. The van der Waals surface area contributed by atoms with Crippen LogP contribution in [-0.2, 0) is 0 Å². The van der Waals surface area contributed by atoms with Crippen LogP contribution in [0.15, 0.2) is 30.6 Å². The quantitative estimate of drug-likeness (QED) is 0.855. The van der Waals surface area contributed by atoms with Crippen LogP contribution < -0.4 is 5.73 Å². The van der Waals surface area contributed by atoms with Gasteiger partial charge in [0.1, 0.15) is 0 Å². The summed E-state index contributed by atoms with van der Waals surface area (Å²) in [5.41, 5.74) is 8.60. The molecule has 0 spiro atoms. The van der Waals surface area contributed by atoms with E-state index < -0.39 is 0 Å². The molecule has 16 heavy (non-hydrogen) atoms. The Morgan fingerprint density at radius 3 is 3.06 bits per heavy atom. The summed E-state index contributed by atoms with van der Waals surface area (Å²) in [6.45, 7) is 0. The lowest BCUT2D eigenvalue weighted by molar-refractivity contribution is 0.278. The van der Waals surface area contributed by atoms with Gasteiger partial charge >= 0.3 is 0 Å². The van der Waals surface area contributed by atoms with Crippen molar-refractivity contribution in [3.8, 4) is 0 Å². The van der Waals surface area contributed by atoms with Gasteiger partial charge in [0.05, 0.1) is 11.7 Å². The van der Waals surface area contributed by atoms with Gasteiger partial charge in [-0.3, -0.25) is 0 Å². The van der Waals surface area contributed by atoms with Crippen LogP contribution in [-0.4, -0.2) is 9.61 Å². The minimum atomic E-state index is 0.144. The van der Waals surface area contributed by atoms with E-state index in [1.807, 2.05) is 29.0 Å². The van der Waals surface area contributed by atoms with Crippen molar-refractivity contribution in [3.05, 3.63) is 36.2 Å². The van der Waals surface area contributed by atoms with Crippen LogP contribution in [0.25, 0.3) is 5.52 Å². The molecule has 1 aliphatic carbocycles. The molecule has 0 aromatic carbocycles. The Labute approximate surface area is 95.3 Å². The lowest BCUT2D eigenvalue weighted by Gasteiger charge is -2.27. The van der Waals surface area contributed by atoms with E-state index >= 15 is 0 Å². The van der Waals surface area contributed by atoms with Gasteiger partial charge in [0.25, 0.3) is 0 Å². The topological polar surface area (TPSA) is 43.3 Å². The zero-order chi connectivity index (χ0) is 11.0. The SMILES string of the molecule is NC(CC1CCC1)c1cnn2ccccc12.